The summed E-state index contributed by atoms with van der Waals surface area (Å²) in [6, 6.07) is 40.6. The molecule has 2 saturated heterocycles. The van der Waals surface area contributed by atoms with E-state index in [1.165, 1.54) is 17.5 Å². The summed E-state index contributed by atoms with van der Waals surface area (Å²) in [7, 11) is 0. The Bertz CT molecular complexity index is 2440. The number of carbonyl (C=O) groups excluding carboxylic acids is 3. The van der Waals surface area contributed by atoms with Gasteiger partial charge in [-0.2, -0.15) is 0 Å². The second-order valence-corrected chi connectivity index (χ2v) is 19.2. The molecule has 6 aromatic rings. The molecule has 0 unspecified atom stereocenters. The van der Waals surface area contributed by atoms with E-state index < -0.39 is 6.04 Å². The van der Waals surface area contributed by atoms with Gasteiger partial charge in [0.15, 0.2) is 0 Å². The van der Waals surface area contributed by atoms with E-state index in [0.717, 1.165) is 109 Å². The van der Waals surface area contributed by atoms with Crippen LogP contribution in [0, 0.1) is 0 Å². The van der Waals surface area contributed by atoms with E-state index in [4.69, 9.17) is 0 Å². The molecule has 3 aliphatic rings. The molecular weight excluding hydrogens is 887 g/mol. The van der Waals surface area contributed by atoms with E-state index >= 15 is 0 Å². The van der Waals surface area contributed by atoms with Gasteiger partial charge in [-0.05, 0) is 47.9 Å². The number of hydrogen-bond acceptors (Lipinski definition) is 8. The van der Waals surface area contributed by atoms with Crippen LogP contribution in [-0.4, -0.2) is 132 Å². The highest BCUT2D eigenvalue weighted by atomic mass is 16.2. The van der Waals surface area contributed by atoms with Gasteiger partial charge >= 0.3 is 6.03 Å². The average Bonchev–Trinajstić information content (AvgIpc) is 4.15. The smallest absolute Gasteiger partial charge is 0.318 e. The Morgan fingerprint density at radius 1 is 0.577 bits per heavy atom. The molecular formula is C57H73N11O3. The van der Waals surface area contributed by atoms with Gasteiger partial charge in [-0.25, -0.2) is 14.8 Å². The highest BCUT2D eigenvalue weighted by Gasteiger charge is 2.38. The predicted molar refractivity (Wildman–Crippen MR) is 279 cm³/mol. The maximum absolute atomic E-state index is 14.4. The number of nitrogens with one attached hydrogen (secondary N) is 2. The molecule has 14 heteroatoms. The van der Waals surface area contributed by atoms with Gasteiger partial charge in [0.25, 0.3) is 0 Å². The van der Waals surface area contributed by atoms with Gasteiger partial charge in [0, 0.05) is 122 Å². The second kappa shape index (κ2) is 27.1. The van der Waals surface area contributed by atoms with Gasteiger partial charge in [0.2, 0.25) is 11.8 Å². The van der Waals surface area contributed by atoms with Crippen molar-refractivity contribution in [1.82, 2.24) is 54.2 Å². The van der Waals surface area contributed by atoms with Crippen molar-refractivity contribution >= 4 is 17.8 Å². The molecule has 3 fully saturated rings. The molecule has 1 saturated carbocycles. The first-order valence-corrected chi connectivity index (χ1v) is 25.8. The molecule has 4 aromatic carbocycles. The molecule has 0 radical (unpaired) electrons. The van der Waals surface area contributed by atoms with Crippen molar-refractivity contribution in [2.45, 2.75) is 102 Å². The van der Waals surface area contributed by atoms with Crippen LogP contribution in [0.4, 0.5) is 4.79 Å². The lowest BCUT2D eigenvalue weighted by Crippen LogP contribution is -2.63. The molecule has 2 atom stereocenters. The first-order valence-electron chi connectivity index (χ1n) is 25.8. The summed E-state index contributed by atoms with van der Waals surface area (Å²) in [4.78, 5) is 60.2. The summed E-state index contributed by atoms with van der Waals surface area (Å²) in [6.07, 6.45) is 18.4. The Kier molecular flexibility index (Phi) is 19.4. The summed E-state index contributed by atoms with van der Waals surface area (Å²) in [5.74, 6) is 0.207. The maximum atomic E-state index is 14.4. The Labute approximate surface area is 420 Å². The zero-order valence-corrected chi connectivity index (χ0v) is 41.3. The summed E-state index contributed by atoms with van der Waals surface area (Å²) < 4.78 is 4.10. The number of carbonyl (C=O) groups is 3. The standard InChI is InChI=1S/C32H42N6O2.C25H31N5O/c39-31(37(24-28-13-6-2-7-14-28)19-10-18-35-20-17-33-26-35)30-25-36(23-27-11-4-1-5-12-27)21-22-38(30)32(40)34-29-15-8-3-9-16-29;31-25(24-20-29(17-13-27-24)18-22-8-3-1-4-9-22)30(19-23-10-5-2-6-11-23)15-7-14-28-16-12-26-21-28/h1-2,4-7,11-14,17,20,26,29-30H,3,8-10,15-16,18-19,21-25H2,(H,34,40);1-6,8-12,16,21,24,27H,7,13-15,17-20H2/t30-;24-/m11/s1. The van der Waals surface area contributed by atoms with Crippen LogP contribution in [0.5, 0.6) is 0 Å². The molecule has 2 aliphatic heterocycles. The van der Waals surface area contributed by atoms with Crippen LogP contribution < -0.4 is 10.6 Å². The van der Waals surface area contributed by atoms with Crippen LogP contribution in [0.3, 0.4) is 0 Å². The van der Waals surface area contributed by atoms with Crippen molar-refractivity contribution in [3.63, 3.8) is 0 Å². The van der Waals surface area contributed by atoms with E-state index in [1.807, 2.05) is 105 Å². The van der Waals surface area contributed by atoms with Crippen molar-refractivity contribution in [3.8, 4) is 0 Å². The van der Waals surface area contributed by atoms with Gasteiger partial charge in [-0.15, -0.1) is 0 Å². The highest BCUT2D eigenvalue weighted by molar-refractivity contribution is 5.88. The number of benzene rings is 4. The van der Waals surface area contributed by atoms with Crippen molar-refractivity contribution in [1.29, 1.82) is 0 Å². The Morgan fingerprint density at radius 2 is 1.07 bits per heavy atom. The number of hydrogen-bond donors (Lipinski definition) is 2. The van der Waals surface area contributed by atoms with Gasteiger partial charge in [-0.1, -0.05) is 141 Å². The summed E-state index contributed by atoms with van der Waals surface area (Å²) in [5, 5.41) is 6.73. The molecule has 71 heavy (non-hydrogen) atoms. The van der Waals surface area contributed by atoms with Crippen molar-refractivity contribution in [2.75, 3.05) is 52.4 Å². The third-order valence-corrected chi connectivity index (χ3v) is 13.9. The van der Waals surface area contributed by atoms with Crippen LogP contribution in [0.15, 0.2) is 159 Å². The summed E-state index contributed by atoms with van der Waals surface area (Å²) in [6.45, 7) is 10.1. The molecule has 4 heterocycles. The van der Waals surface area contributed by atoms with Crippen LogP contribution in [-0.2, 0) is 48.9 Å². The minimum Gasteiger partial charge on any atom is -0.337 e. The number of aryl methyl sites for hydroxylation is 2. The fraction of sp³-hybridized carbons (Fsp3) is 0.421. The van der Waals surface area contributed by atoms with E-state index in [1.54, 1.807) is 12.4 Å². The van der Waals surface area contributed by atoms with E-state index in [0.29, 0.717) is 32.7 Å². The third kappa shape index (κ3) is 15.9. The van der Waals surface area contributed by atoms with E-state index in [9.17, 15) is 14.4 Å². The SMILES string of the molecule is O=C([C@H]1CN(Cc2ccccc2)CCN1)N(CCCn1ccnc1)Cc1ccccc1.O=C([C@H]1CN(Cc2ccccc2)CCN1C(=O)NC1CCCCC1)N(CCCn1ccnc1)Cc1ccccc1. The lowest BCUT2D eigenvalue weighted by molar-refractivity contribution is -0.139. The van der Waals surface area contributed by atoms with E-state index in [-0.39, 0.29) is 29.9 Å². The van der Waals surface area contributed by atoms with Gasteiger partial charge in [0.1, 0.15) is 6.04 Å². The number of aromatic nitrogens is 4. The molecule has 14 nitrogen and oxygen atoms in total. The quantitative estimate of drug-likeness (QED) is 0.0867. The zero-order valence-electron chi connectivity index (χ0n) is 41.3. The largest absolute Gasteiger partial charge is 0.337 e. The Balaban J connectivity index is 0.000000197. The number of rotatable bonds is 19. The number of amides is 4. The van der Waals surface area contributed by atoms with Gasteiger partial charge < -0.3 is 34.5 Å². The average molecular weight is 960 g/mol. The molecule has 2 aromatic heterocycles. The molecule has 1 aliphatic carbocycles. The lowest BCUT2D eigenvalue weighted by Gasteiger charge is -2.43. The predicted octanol–water partition coefficient (Wildman–Crippen LogP) is 7.31. The lowest BCUT2D eigenvalue weighted by atomic mass is 9.95. The van der Waals surface area contributed by atoms with Crippen LogP contribution in [0.25, 0.3) is 0 Å². The topological polar surface area (TPSA) is 127 Å². The number of urea groups is 1. The summed E-state index contributed by atoms with van der Waals surface area (Å²) in [5.41, 5.74) is 4.76. The molecule has 4 amide bonds. The highest BCUT2D eigenvalue weighted by Crippen LogP contribution is 2.22. The zero-order chi connectivity index (χ0) is 48.9. The molecule has 374 valence electrons. The minimum atomic E-state index is -0.530. The van der Waals surface area contributed by atoms with Gasteiger partial charge in [0.05, 0.1) is 18.7 Å². The Morgan fingerprint density at radius 3 is 1.58 bits per heavy atom. The van der Waals surface area contributed by atoms with Crippen LogP contribution in [0.1, 0.15) is 67.2 Å². The van der Waals surface area contributed by atoms with Gasteiger partial charge in [-0.3, -0.25) is 19.4 Å². The first kappa shape index (κ1) is 50.8. The van der Waals surface area contributed by atoms with Crippen LogP contribution in [0.2, 0.25) is 0 Å². The number of piperazine rings is 2. The first-order chi connectivity index (χ1) is 34.9. The molecule has 0 bridgehead atoms. The molecule has 9 rings (SSSR count). The number of imidazole rings is 2. The fourth-order valence-corrected chi connectivity index (χ4v) is 10.0. The van der Waals surface area contributed by atoms with Crippen molar-refractivity contribution in [2.24, 2.45) is 0 Å². The Hall–Kier alpha value is -6.61. The second-order valence-electron chi connectivity index (χ2n) is 19.2. The maximum Gasteiger partial charge on any atom is 0.318 e. The van der Waals surface area contributed by atoms with E-state index in [2.05, 4.69) is 95.6 Å². The number of nitrogens with zero attached hydrogens (tertiary/aromatic N) is 9. The molecule has 2 N–H and O–H groups in total. The third-order valence-electron chi connectivity index (χ3n) is 13.9. The minimum absolute atomic E-state index is 0.0195. The normalized spacial score (nSPS) is 17.7. The monoisotopic (exact) mass is 960 g/mol. The van der Waals surface area contributed by atoms with Crippen molar-refractivity contribution in [3.05, 3.63) is 181 Å². The fourth-order valence-electron chi connectivity index (χ4n) is 10.0. The van der Waals surface area contributed by atoms with Crippen LogP contribution >= 0.6 is 0 Å². The summed E-state index contributed by atoms with van der Waals surface area (Å²) >= 11 is 0. The molecule has 0 spiro atoms. The van der Waals surface area contributed by atoms with Crippen molar-refractivity contribution < 1.29 is 14.4 Å².